The van der Waals surface area contributed by atoms with Crippen LogP contribution in [0.3, 0.4) is 0 Å². The van der Waals surface area contributed by atoms with Gasteiger partial charge in [-0.1, -0.05) is 60.7 Å². The van der Waals surface area contributed by atoms with Crippen LogP contribution < -0.4 is 21.1 Å². The van der Waals surface area contributed by atoms with Crippen molar-refractivity contribution in [2.75, 3.05) is 39.0 Å². The summed E-state index contributed by atoms with van der Waals surface area (Å²) in [5.41, 5.74) is 7.55. The number of rotatable bonds is 18. The Labute approximate surface area is 306 Å². The van der Waals surface area contributed by atoms with Gasteiger partial charge in [-0.3, -0.25) is 19.2 Å². The van der Waals surface area contributed by atoms with E-state index in [0.29, 0.717) is 45.3 Å². The van der Waals surface area contributed by atoms with Gasteiger partial charge in [0.2, 0.25) is 27.6 Å². The zero-order valence-electron chi connectivity index (χ0n) is 29.8. The monoisotopic (exact) mass is 740 g/mol. The Morgan fingerprint density at radius 1 is 0.865 bits per heavy atom. The number of carbonyl (C=O) groups excluding carboxylic acids is 5. The van der Waals surface area contributed by atoms with E-state index in [4.69, 9.17) is 10.5 Å². The van der Waals surface area contributed by atoms with E-state index in [2.05, 4.69) is 15.4 Å². The van der Waals surface area contributed by atoms with Gasteiger partial charge in [-0.25, -0.2) is 17.9 Å². The Balaban J connectivity index is 1.52. The highest BCUT2D eigenvalue weighted by molar-refractivity contribution is 7.88. The number of likely N-dealkylation sites (tertiary alicyclic amines) is 2. The minimum atomic E-state index is -3.85. The number of nitrogens with two attached hydrogens (primary N) is 1. The number of amides is 4. The first-order valence-corrected chi connectivity index (χ1v) is 20.0. The molecule has 0 aromatic heterocycles. The SMILES string of the molecule is CS(=O)(=O)N[C@H](CCc1ccccc1)C(=O)N1C[C@H](OC(=O)N2CCCCC2)C[C@H]1C(=O)N[C@@H](CCCCN)C(=O)C(=O)NCCc1ccccc1. The van der Waals surface area contributed by atoms with Gasteiger partial charge in [0.15, 0.2) is 0 Å². The predicted molar refractivity (Wildman–Crippen MR) is 195 cm³/mol. The summed E-state index contributed by atoms with van der Waals surface area (Å²) in [6.07, 6.45) is 4.28. The summed E-state index contributed by atoms with van der Waals surface area (Å²) < 4.78 is 33.1. The predicted octanol–water partition coefficient (Wildman–Crippen LogP) is 1.67. The van der Waals surface area contributed by atoms with Crippen LogP contribution in [-0.2, 0) is 46.8 Å². The van der Waals surface area contributed by atoms with Gasteiger partial charge in [-0.15, -0.1) is 0 Å². The molecule has 0 unspecified atom stereocenters. The van der Waals surface area contributed by atoms with E-state index in [1.807, 2.05) is 60.7 Å². The molecule has 0 aliphatic carbocycles. The molecule has 0 bridgehead atoms. The van der Waals surface area contributed by atoms with Gasteiger partial charge in [0.1, 0.15) is 18.2 Å². The van der Waals surface area contributed by atoms with E-state index in [-0.39, 0.29) is 32.4 Å². The van der Waals surface area contributed by atoms with Crippen molar-refractivity contribution < 1.29 is 37.1 Å². The molecule has 52 heavy (non-hydrogen) atoms. The Morgan fingerprint density at radius 2 is 1.50 bits per heavy atom. The van der Waals surface area contributed by atoms with E-state index in [1.165, 1.54) is 4.90 Å². The zero-order valence-corrected chi connectivity index (χ0v) is 30.7. The van der Waals surface area contributed by atoms with Gasteiger partial charge < -0.3 is 30.9 Å². The molecule has 4 rings (SSSR count). The molecule has 2 heterocycles. The van der Waals surface area contributed by atoms with Crippen molar-refractivity contribution in [3.05, 3.63) is 71.8 Å². The number of unbranched alkanes of at least 4 members (excludes halogenated alkanes) is 1. The number of ketones is 1. The first-order valence-electron chi connectivity index (χ1n) is 18.1. The molecule has 2 aromatic rings. The number of ether oxygens (including phenoxy) is 1. The van der Waals surface area contributed by atoms with Crippen LogP contribution in [0.5, 0.6) is 0 Å². The molecule has 2 fully saturated rings. The zero-order chi connectivity index (χ0) is 37.5. The summed E-state index contributed by atoms with van der Waals surface area (Å²) in [4.78, 5) is 70.5. The highest BCUT2D eigenvalue weighted by Crippen LogP contribution is 2.25. The molecule has 14 nitrogen and oxygen atoms in total. The van der Waals surface area contributed by atoms with Gasteiger partial charge in [-0.2, -0.15) is 0 Å². The van der Waals surface area contributed by atoms with Crippen LogP contribution in [0.2, 0.25) is 0 Å². The van der Waals surface area contributed by atoms with Crippen molar-refractivity contribution in [1.82, 2.24) is 25.2 Å². The standard InChI is InChI=1S/C37H52N6O8S/c1-52(49,50)41-31(19-18-27-13-5-2-6-14-27)36(47)43-26-29(51-37(48)42-23-11-4-12-24-42)25-32(43)34(45)40-30(17-9-10-21-38)33(44)35(46)39-22-20-28-15-7-3-8-16-28/h2-3,5-8,13-16,29-32,41H,4,9-12,17-26,38H2,1H3,(H,39,46)(H,40,45)/t29-,30+,31-,32+/m1/s1. The molecule has 5 N–H and O–H groups in total. The molecule has 0 saturated carbocycles. The minimum Gasteiger partial charge on any atom is -0.444 e. The number of nitrogens with one attached hydrogen (secondary N) is 3. The normalized spacial score (nSPS) is 18.7. The molecule has 0 radical (unpaired) electrons. The van der Waals surface area contributed by atoms with E-state index in [1.54, 1.807) is 4.90 Å². The maximum absolute atomic E-state index is 14.2. The number of nitrogens with zero attached hydrogens (tertiary/aromatic N) is 2. The third kappa shape index (κ3) is 12.7. The summed E-state index contributed by atoms with van der Waals surface area (Å²) in [6.45, 7) is 1.49. The Hall–Kier alpha value is -4.34. The van der Waals surface area contributed by atoms with Crippen LogP contribution in [0, 0.1) is 0 Å². The molecule has 2 aliphatic rings. The molecule has 284 valence electrons. The highest BCUT2D eigenvalue weighted by atomic mass is 32.2. The van der Waals surface area contributed by atoms with Crippen molar-refractivity contribution in [2.24, 2.45) is 5.73 Å². The summed E-state index contributed by atoms with van der Waals surface area (Å²) in [5, 5.41) is 5.34. The highest BCUT2D eigenvalue weighted by Gasteiger charge is 2.45. The van der Waals surface area contributed by atoms with Crippen molar-refractivity contribution in [3.63, 3.8) is 0 Å². The number of piperidine rings is 1. The Bertz CT molecular complexity index is 1600. The molecular formula is C37H52N6O8S. The maximum Gasteiger partial charge on any atom is 0.410 e. The van der Waals surface area contributed by atoms with E-state index >= 15 is 0 Å². The lowest BCUT2D eigenvalue weighted by molar-refractivity contribution is -0.142. The maximum atomic E-state index is 14.2. The number of aryl methyl sites for hydroxylation is 1. The molecule has 4 amide bonds. The van der Waals surface area contributed by atoms with Crippen LogP contribution in [-0.4, -0.2) is 111 Å². The molecule has 2 aliphatic heterocycles. The number of hydrogen-bond donors (Lipinski definition) is 4. The van der Waals surface area contributed by atoms with Crippen molar-refractivity contribution in [3.8, 4) is 0 Å². The fourth-order valence-corrected chi connectivity index (χ4v) is 7.29. The lowest BCUT2D eigenvalue weighted by atomic mass is 10.0. The number of carbonyl (C=O) groups is 5. The first kappa shape index (κ1) is 40.4. The largest absolute Gasteiger partial charge is 0.444 e. The Morgan fingerprint density at radius 3 is 2.12 bits per heavy atom. The first-order chi connectivity index (χ1) is 24.9. The van der Waals surface area contributed by atoms with Gasteiger partial charge in [0.25, 0.3) is 5.91 Å². The number of benzene rings is 2. The van der Waals surface area contributed by atoms with Crippen LogP contribution in [0.25, 0.3) is 0 Å². The summed E-state index contributed by atoms with van der Waals surface area (Å²) >= 11 is 0. The topological polar surface area (TPSA) is 197 Å². The number of hydrogen-bond acceptors (Lipinski definition) is 9. The minimum absolute atomic E-state index is 0.0750. The van der Waals surface area contributed by atoms with Crippen LogP contribution in [0.1, 0.15) is 62.5 Å². The third-order valence-corrected chi connectivity index (χ3v) is 10.0. The average Bonchev–Trinajstić information content (AvgIpc) is 3.57. The van der Waals surface area contributed by atoms with Crippen molar-refractivity contribution in [2.45, 2.75) is 88.4 Å². The summed E-state index contributed by atoms with van der Waals surface area (Å²) in [5.74, 6) is -3.06. The number of sulfonamides is 1. The van der Waals surface area contributed by atoms with Crippen LogP contribution in [0.15, 0.2) is 60.7 Å². The molecule has 4 atom stereocenters. The van der Waals surface area contributed by atoms with E-state index in [0.717, 1.165) is 36.6 Å². The lowest BCUT2D eigenvalue weighted by Gasteiger charge is -2.29. The molecular weight excluding hydrogens is 689 g/mol. The van der Waals surface area contributed by atoms with Gasteiger partial charge in [0, 0.05) is 26.1 Å². The second-order valence-electron chi connectivity index (χ2n) is 13.5. The summed E-state index contributed by atoms with van der Waals surface area (Å²) in [6, 6.07) is 15.1. The van der Waals surface area contributed by atoms with Gasteiger partial charge >= 0.3 is 6.09 Å². The lowest BCUT2D eigenvalue weighted by Crippen LogP contribution is -2.56. The quantitative estimate of drug-likeness (QED) is 0.130. The van der Waals surface area contributed by atoms with Gasteiger partial charge in [0.05, 0.1) is 18.8 Å². The van der Waals surface area contributed by atoms with E-state index < -0.39 is 63.9 Å². The molecule has 2 saturated heterocycles. The van der Waals surface area contributed by atoms with Crippen molar-refractivity contribution >= 4 is 39.6 Å². The smallest absolute Gasteiger partial charge is 0.410 e. The third-order valence-electron chi connectivity index (χ3n) is 9.29. The molecule has 0 spiro atoms. The average molecular weight is 741 g/mol. The van der Waals surface area contributed by atoms with Gasteiger partial charge in [-0.05, 0) is 75.5 Å². The molecule has 15 heteroatoms. The van der Waals surface area contributed by atoms with Crippen LogP contribution in [0.4, 0.5) is 4.79 Å². The second-order valence-corrected chi connectivity index (χ2v) is 15.2. The van der Waals surface area contributed by atoms with E-state index in [9.17, 15) is 32.4 Å². The van der Waals surface area contributed by atoms with Crippen LogP contribution >= 0.6 is 0 Å². The Kier molecular flexibility index (Phi) is 15.6. The number of Topliss-reactive ketones (excluding diaryl/α,β-unsaturated/α-hetero) is 1. The van der Waals surface area contributed by atoms with Crippen molar-refractivity contribution in [1.29, 1.82) is 0 Å². The fourth-order valence-electron chi connectivity index (χ4n) is 6.56. The fraction of sp³-hybridized carbons (Fsp3) is 0.541. The summed E-state index contributed by atoms with van der Waals surface area (Å²) in [7, 11) is -3.85. The second kappa shape index (κ2) is 20.0. The molecule has 2 aromatic carbocycles.